The van der Waals surface area contributed by atoms with Crippen molar-refractivity contribution in [1.29, 1.82) is 0 Å². The Bertz CT molecular complexity index is 1000. The van der Waals surface area contributed by atoms with Gasteiger partial charge >= 0.3 is 0 Å². The van der Waals surface area contributed by atoms with Crippen molar-refractivity contribution >= 4 is 16.7 Å². The van der Waals surface area contributed by atoms with Gasteiger partial charge in [0.15, 0.2) is 0 Å². The van der Waals surface area contributed by atoms with Crippen LogP contribution in [0.25, 0.3) is 10.9 Å². The van der Waals surface area contributed by atoms with Crippen molar-refractivity contribution in [3.05, 3.63) is 53.2 Å². The minimum atomic E-state index is -3.27. The lowest BCUT2D eigenvalue weighted by atomic mass is 10.0. The highest BCUT2D eigenvalue weighted by Crippen LogP contribution is 2.33. The SMILES string of the molecule is CCOc1cc2c(N[C@H](C)c3cccc(C(C)(F)F)c3F)nc(C)nc2cn1. The number of nitrogens with one attached hydrogen (secondary N) is 1. The van der Waals surface area contributed by atoms with Crippen molar-refractivity contribution < 1.29 is 17.9 Å². The first kappa shape index (κ1) is 19.9. The molecule has 0 spiro atoms. The van der Waals surface area contributed by atoms with Gasteiger partial charge in [0.2, 0.25) is 5.88 Å². The molecule has 2 aromatic heterocycles. The fourth-order valence-electron chi connectivity index (χ4n) is 2.97. The molecule has 0 aliphatic rings. The van der Waals surface area contributed by atoms with E-state index in [1.54, 1.807) is 26.1 Å². The Kier molecular flexibility index (Phi) is 5.40. The van der Waals surface area contributed by atoms with Crippen LogP contribution in [0.15, 0.2) is 30.5 Å². The summed E-state index contributed by atoms with van der Waals surface area (Å²) in [5.74, 6) is -2.83. The molecule has 2 heterocycles. The first-order valence-corrected chi connectivity index (χ1v) is 8.91. The van der Waals surface area contributed by atoms with E-state index in [-0.39, 0.29) is 5.56 Å². The summed E-state index contributed by atoms with van der Waals surface area (Å²) >= 11 is 0. The highest BCUT2D eigenvalue weighted by Gasteiger charge is 2.30. The van der Waals surface area contributed by atoms with Crippen LogP contribution in [0.3, 0.4) is 0 Å². The number of nitrogens with zero attached hydrogens (tertiary/aromatic N) is 3. The quantitative estimate of drug-likeness (QED) is 0.630. The molecule has 28 heavy (non-hydrogen) atoms. The molecule has 1 atom stereocenters. The van der Waals surface area contributed by atoms with Crippen LogP contribution in [0.1, 0.15) is 43.8 Å². The largest absolute Gasteiger partial charge is 0.478 e. The summed E-state index contributed by atoms with van der Waals surface area (Å²) in [4.78, 5) is 12.9. The first-order valence-electron chi connectivity index (χ1n) is 8.91. The molecule has 0 aliphatic carbocycles. The number of benzene rings is 1. The lowest BCUT2D eigenvalue weighted by molar-refractivity contribution is 0.0136. The van der Waals surface area contributed by atoms with Gasteiger partial charge < -0.3 is 10.1 Å². The highest BCUT2D eigenvalue weighted by molar-refractivity contribution is 5.89. The van der Waals surface area contributed by atoms with Crippen LogP contribution < -0.4 is 10.1 Å². The predicted molar refractivity (Wildman–Crippen MR) is 101 cm³/mol. The zero-order chi connectivity index (χ0) is 20.5. The summed E-state index contributed by atoms with van der Waals surface area (Å²) in [5.41, 5.74) is 0.0905. The highest BCUT2D eigenvalue weighted by atomic mass is 19.3. The fraction of sp³-hybridized carbons (Fsp3) is 0.350. The van der Waals surface area contributed by atoms with E-state index in [1.165, 1.54) is 12.1 Å². The number of ether oxygens (including phenoxy) is 1. The molecule has 0 fully saturated rings. The second kappa shape index (κ2) is 7.61. The van der Waals surface area contributed by atoms with Crippen LogP contribution in [0.4, 0.5) is 19.0 Å². The second-order valence-corrected chi connectivity index (χ2v) is 6.56. The third-order valence-corrected chi connectivity index (χ3v) is 4.28. The van der Waals surface area contributed by atoms with Gasteiger partial charge in [-0.25, -0.2) is 28.1 Å². The number of halogens is 3. The van der Waals surface area contributed by atoms with Crippen molar-refractivity contribution in [1.82, 2.24) is 15.0 Å². The van der Waals surface area contributed by atoms with Crippen LogP contribution in [0.2, 0.25) is 0 Å². The van der Waals surface area contributed by atoms with E-state index in [9.17, 15) is 13.2 Å². The van der Waals surface area contributed by atoms with Gasteiger partial charge in [0, 0.05) is 23.9 Å². The molecule has 3 aromatic rings. The molecule has 1 N–H and O–H groups in total. The molecule has 0 saturated heterocycles. The maximum absolute atomic E-state index is 14.7. The van der Waals surface area contributed by atoms with Gasteiger partial charge in [-0.05, 0) is 20.8 Å². The van der Waals surface area contributed by atoms with Crippen LogP contribution >= 0.6 is 0 Å². The summed E-state index contributed by atoms with van der Waals surface area (Å²) in [6.07, 6.45) is 1.57. The molecular weight excluding hydrogens is 369 g/mol. The lowest BCUT2D eigenvalue weighted by Gasteiger charge is -2.20. The van der Waals surface area contributed by atoms with Crippen LogP contribution in [0.5, 0.6) is 5.88 Å². The third kappa shape index (κ3) is 4.00. The molecule has 0 unspecified atom stereocenters. The van der Waals surface area contributed by atoms with Crippen LogP contribution in [0, 0.1) is 12.7 Å². The molecule has 0 bridgehead atoms. The summed E-state index contributed by atoms with van der Waals surface area (Å²) in [5, 5.41) is 3.76. The monoisotopic (exact) mass is 390 g/mol. The van der Waals surface area contributed by atoms with E-state index in [4.69, 9.17) is 4.74 Å². The van der Waals surface area contributed by atoms with Gasteiger partial charge in [-0.15, -0.1) is 0 Å². The molecule has 1 aromatic carbocycles. The molecular formula is C20H21F3N4O. The molecule has 0 amide bonds. The van der Waals surface area contributed by atoms with Crippen molar-refractivity contribution in [3.8, 4) is 5.88 Å². The number of hydrogen-bond donors (Lipinski definition) is 1. The number of alkyl halides is 2. The average Bonchev–Trinajstić information content (AvgIpc) is 2.61. The molecule has 3 rings (SSSR count). The Morgan fingerprint density at radius 3 is 2.68 bits per heavy atom. The number of pyridine rings is 1. The predicted octanol–water partition coefficient (Wildman–Crippen LogP) is 5.16. The van der Waals surface area contributed by atoms with Gasteiger partial charge in [0.1, 0.15) is 17.5 Å². The Hall–Kier alpha value is -2.90. The maximum atomic E-state index is 14.7. The van der Waals surface area contributed by atoms with E-state index in [2.05, 4.69) is 20.3 Å². The topological polar surface area (TPSA) is 59.9 Å². The first-order chi connectivity index (χ1) is 13.2. The Morgan fingerprint density at radius 1 is 1.25 bits per heavy atom. The Balaban J connectivity index is 2.02. The van der Waals surface area contributed by atoms with Gasteiger partial charge in [-0.3, -0.25) is 0 Å². The van der Waals surface area contributed by atoms with Crippen molar-refractivity contribution in [3.63, 3.8) is 0 Å². The van der Waals surface area contributed by atoms with Gasteiger partial charge in [0.05, 0.1) is 29.9 Å². The second-order valence-electron chi connectivity index (χ2n) is 6.56. The zero-order valence-electron chi connectivity index (χ0n) is 16.1. The summed E-state index contributed by atoms with van der Waals surface area (Å²) in [7, 11) is 0. The summed E-state index contributed by atoms with van der Waals surface area (Å²) < 4.78 is 47.4. The smallest absolute Gasteiger partial charge is 0.273 e. The Labute approximate surface area is 161 Å². The van der Waals surface area contributed by atoms with Crippen molar-refractivity contribution in [2.45, 2.75) is 39.7 Å². The fourth-order valence-corrected chi connectivity index (χ4v) is 2.97. The van der Waals surface area contributed by atoms with E-state index < -0.39 is 23.3 Å². The van der Waals surface area contributed by atoms with Gasteiger partial charge in [-0.1, -0.05) is 18.2 Å². The molecule has 5 nitrogen and oxygen atoms in total. The standard InChI is InChI=1S/C20H21F3N4O/c1-5-28-17-9-14-16(10-24-17)26-12(3)27-19(14)25-11(2)13-7-6-8-15(18(13)21)20(4,22)23/h6-11H,5H2,1-4H3,(H,25,26,27)/t11-/m1/s1. The minimum Gasteiger partial charge on any atom is -0.478 e. The summed E-state index contributed by atoms with van der Waals surface area (Å²) in [6, 6.07) is 5.08. The van der Waals surface area contributed by atoms with Gasteiger partial charge in [0.25, 0.3) is 5.92 Å². The number of anilines is 1. The third-order valence-electron chi connectivity index (χ3n) is 4.28. The molecule has 148 valence electrons. The number of aryl methyl sites for hydroxylation is 1. The Morgan fingerprint density at radius 2 is 2.00 bits per heavy atom. The number of rotatable bonds is 6. The van der Waals surface area contributed by atoms with Gasteiger partial charge in [-0.2, -0.15) is 0 Å². The van der Waals surface area contributed by atoms with E-state index in [0.717, 1.165) is 6.07 Å². The minimum absolute atomic E-state index is 0.127. The number of hydrogen-bond acceptors (Lipinski definition) is 5. The molecule has 8 heteroatoms. The van der Waals surface area contributed by atoms with Crippen molar-refractivity contribution in [2.24, 2.45) is 0 Å². The number of aromatic nitrogens is 3. The van der Waals surface area contributed by atoms with Crippen molar-refractivity contribution in [2.75, 3.05) is 11.9 Å². The van der Waals surface area contributed by atoms with E-state index in [1.807, 2.05) is 6.92 Å². The zero-order valence-corrected chi connectivity index (χ0v) is 16.1. The molecule has 0 aliphatic heterocycles. The van der Waals surface area contributed by atoms with E-state index in [0.29, 0.717) is 42.0 Å². The van der Waals surface area contributed by atoms with Crippen LogP contribution in [-0.2, 0) is 5.92 Å². The lowest BCUT2D eigenvalue weighted by Crippen LogP contribution is -2.16. The number of fused-ring (bicyclic) bond motifs is 1. The maximum Gasteiger partial charge on any atom is 0.273 e. The molecule has 0 radical (unpaired) electrons. The average molecular weight is 390 g/mol. The summed E-state index contributed by atoms with van der Waals surface area (Å²) in [6.45, 7) is 6.39. The molecule has 0 saturated carbocycles. The van der Waals surface area contributed by atoms with E-state index >= 15 is 0 Å². The van der Waals surface area contributed by atoms with Crippen LogP contribution in [-0.4, -0.2) is 21.6 Å². The normalized spacial score (nSPS) is 12.8.